The van der Waals surface area contributed by atoms with Crippen LogP contribution in [0, 0.1) is 13.8 Å². The van der Waals surface area contributed by atoms with E-state index in [2.05, 4.69) is 15.1 Å². The third-order valence-corrected chi connectivity index (χ3v) is 5.63. The van der Waals surface area contributed by atoms with E-state index in [1.807, 2.05) is 4.90 Å². The number of nitrogens with zero attached hydrogens (tertiary/aromatic N) is 5. The van der Waals surface area contributed by atoms with Crippen LogP contribution in [-0.4, -0.2) is 57.4 Å². The van der Waals surface area contributed by atoms with Gasteiger partial charge >= 0.3 is 6.55 Å². The number of ketones is 1. The number of hydrogen-bond donors (Lipinski definition) is 0. The molecule has 1 saturated heterocycles. The number of Topliss-reactive ketones (excluding diaryl/α,β-unsaturated/α-hetero) is 1. The number of aryl methyl sites for hydroxylation is 1. The lowest BCUT2D eigenvalue weighted by molar-refractivity contribution is -0.113. The second kappa shape index (κ2) is 8.14. The Morgan fingerprint density at radius 2 is 2.13 bits per heavy atom. The third kappa shape index (κ3) is 3.81. The van der Waals surface area contributed by atoms with Crippen LogP contribution in [0.2, 0.25) is 0 Å². The number of rotatable bonds is 5. The van der Waals surface area contributed by atoms with E-state index in [4.69, 9.17) is 16.3 Å². The summed E-state index contributed by atoms with van der Waals surface area (Å²) < 4.78 is 33.0. The first-order valence-electron chi connectivity index (χ1n) is 9.50. The number of aromatic nitrogens is 3. The van der Waals surface area contributed by atoms with Crippen LogP contribution in [-0.2, 0) is 4.79 Å². The molecule has 0 aliphatic carbocycles. The summed E-state index contributed by atoms with van der Waals surface area (Å²) in [5.74, 6) is 0.208. The molecule has 4 heterocycles. The summed E-state index contributed by atoms with van der Waals surface area (Å²) in [5.41, 5.74) is 2.87. The molecular formula is C20H20ClF2N5O2. The number of hydrogen-bond acceptors (Lipinski definition) is 6. The molecule has 0 bridgehead atoms. The van der Waals surface area contributed by atoms with Gasteiger partial charge in [-0.3, -0.25) is 9.79 Å². The van der Waals surface area contributed by atoms with Gasteiger partial charge < -0.3 is 9.64 Å². The molecular weight excluding hydrogens is 416 g/mol. The van der Waals surface area contributed by atoms with Gasteiger partial charge in [-0.25, -0.2) is 9.67 Å². The topological polar surface area (TPSA) is 72.6 Å². The lowest BCUT2D eigenvalue weighted by atomic mass is 10.1. The highest BCUT2D eigenvalue weighted by Crippen LogP contribution is 2.31. The van der Waals surface area contributed by atoms with Crippen molar-refractivity contribution >= 4 is 23.6 Å². The van der Waals surface area contributed by atoms with Crippen molar-refractivity contribution in [3.05, 3.63) is 40.4 Å². The van der Waals surface area contributed by atoms with E-state index in [0.717, 1.165) is 6.42 Å². The van der Waals surface area contributed by atoms with Gasteiger partial charge in [-0.1, -0.05) is 11.6 Å². The molecule has 0 aromatic carbocycles. The summed E-state index contributed by atoms with van der Waals surface area (Å²) >= 11 is 6.15. The second-order valence-corrected chi connectivity index (χ2v) is 7.60. The van der Waals surface area contributed by atoms with Crippen LogP contribution >= 0.6 is 11.6 Å². The van der Waals surface area contributed by atoms with Crippen LogP contribution in [0.25, 0.3) is 11.1 Å². The molecule has 1 fully saturated rings. The van der Waals surface area contributed by atoms with Gasteiger partial charge in [0.1, 0.15) is 17.7 Å². The van der Waals surface area contributed by atoms with Crippen LogP contribution in [0.3, 0.4) is 0 Å². The van der Waals surface area contributed by atoms with Gasteiger partial charge in [-0.2, -0.15) is 13.9 Å². The first-order chi connectivity index (χ1) is 14.3. The zero-order chi connectivity index (χ0) is 21.4. The van der Waals surface area contributed by atoms with E-state index in [1.165, 1.54) is 0 Å². The number of allylic oxidation sites excluding steroid dienone is 1. The summed E-state index contributed by atoms with van der Waals surface area (Å²) in [6.45, 7) is 1.90. The number of carbonyl (C=O) groups is 1. The average molecular weight is 436 g/mol. The van der Waals surface area contributed by atoms with Crippen molar-refractivity contribution in [2.45, 2.75) is 32.9 Å². The van der Waals surface area contributed by atoms with Gasteiger partial charge in [0.15, 0.2) is 5.78 Å². The molecule has 0 amide bonds. The first kappa shape index (κ1) is 20.5. The molecule has 7 nitrogen and oxygen atoms in total. The normalized spacial score (nSPS) is 19.3. The minimum atomic E-state index is -2.70. The molecule has 0 N–H and O–H groups in total. The molecule has 30 heavy (non-hydrogen) atoms. The summed E-state index contributed by atoms with van der Waals surface area (Å²) in [6, 6.07) is 3.47. The number of pyridine rings is 1. The van der Waals surface area contributed by atoms with Gasteiger partial charge in [-0.15, -0.1) is 0 Å². The maximum Gasteiger partial charge on any atom is 0.333 e. The molecule has 2 aliphatic rings. The van der Waals surface area contributed by atoms with Crippen molar-refractivity contribution in [1.82, 2.24) is 19.7 Å². The predicted octanol–water partition coefficient (Wildman–Crippen LogP) is 3.51. The van der Waals surface area contributed by atoms with Crippen molar-refractivity contribution < 1.29 is 18.3 Å². The zero-order valence-corrected chi connectivity index (χ0v) is 17.2. The maximum absolute atomic E-state index is 13.1. The molecule has 158 valence electrons. The Labute approximate surface area is 177 Å². The summed E-state index contributed by atoms with van der Waals surface area (Å²) in [4.78, 5) is 22.1. The van der Waals surface area contributed by atoms with Crippen molar-refractivity contribution in [2.75, 3.05) is 19.6 Å². The molecule has 2 aliphatic heterocycles. The first-order valence-corrected chi connectivity index (χ1v) is 9.87. The molecule has 2 aromatic heterocycles. The average Bonchev–Trinajstić information content (AvgIpc) is 3.28. The Hall–Kier alpha value is -2.81. The minimum Gasteiger partial charge on any atom is -0.472 e. The number of alkyl halides is 2. The Bertz CT molecular complexity index is 1050. The van der Waals surface area contributed by atoms with Crippen molar-refractivity contribution in [3.63, 3.8) is 0 Å². The predicted molar refractivity (Wildman–Crippen MR) is 108 cm³/mol. The van der Waals surface area contributed by atoms with Gasteiger partial charge in [-0.05, 0) is 25.5 Å². The number of carbonyl (C=O) groups excluding carboxylic acids is 1. The summed E-state index contributed by atoms with van der Waals surface area (Å²) in [7, 11) is 0. The zero-order valence-electron chi connectivity index (χ0n) is 16.5. The summed E-state index contributed by atoms with van der Waals surface area (Å²) in [6.07, 6.45) is 3.78. The van der Waals surface area contributed by atoms with Crippen LogP contribution in [0.5, 0.6) is 5.88 Å². The van der Waals surface area contributed by atoms with Gasteiger partial charge in [0.2, 0.25) is 5.88 Å². The highest BCUT2D eigenvalue weighted by molar-refractivity contribution is 6.44. The van der Waals surface area contributed by atoms with Crippen LogP contribution in [0.15, 0.2) is 34.1 Å². The number of ether oxygens (including phenoxy) is 1. The van der Waals surface area contributed by atoms with Crippen LogP contribution in [0.1, 0.15) is 24.4 Å². The number of dihydropyridines is 1. The molecule has 0 unspecified atom stereocenters. The van der Waals surface area contributed by atoms with Crippen molar-refractivity contribution in [3.8, 4) is 17.0 Å². The smallest absolute Gasteiger partial charge is 0.333 e. The van der Waals surface area contributed by atoms with E-state index in [9.17, 15) is 13.6 Å². The Balaban J connectivity index is 1.51. The lowest BCUT2D eigenvalue weighted by Crippen LogP contribution is -2.28. The van der Waals surface area contributed by atoms with Crippen LogP contribution in [0.4, 0.5) is 8.78 Å². The highest BCUT2D eigenvalue weighted by atomic mass is 35.5. The second-order valence-electron chi connectivity index (χ2n) is 7.22. The minimum absolute atomic E-state index is 0.0772. The van der Waals surface area contributed by atoms with Gasteiger partial charge in [0.05, 0.1) is 17.9 Å². The molecule has 2 aromatic rings. The molecule has 0 spiro atoms. The highest BCUT2D eigenvalue weighted by Gasteiger charge is 2.29. The molecule has 10 heteroatoms. The van der Waals surface area contributed by atoms with Crippen molar-refractivity contribution in [2.24, 2.45) is 4.99 Å². The molecule has 0 radical (unpaired) electrons. The quantitative estimate of drug-likeness (QED) is 0.718. The number of halogens is 3. The Morgan fingerprint density at radius 1 is 1.33 bits per heavy atom. The summed E-state index contributed by atoms with van der Waals surface area (Å²) in [5, 5.41) is 4.14. The molecule has 0 saturated carbocycles. The monoisotopic (exact) mass is 435 g/mol. The van der Waals surface area contributed by atoms with Crippen molar-refractivity contribution in [1.29, 1.82) is 0 Å². The SMILES string of the molecule is Cc1nn(C(F)F)c(C)c1-c1ccnc(O[C@@H]2CCN(C3=C(Cl)C(=O)CN=C3)C2)c1. The Kier molecular flexibility index (Phi) is 5.55. The lowest BCUT2D eigenvalue weighted by Gasteiger charge is -2.22. The number of likely N-dealkylation sites (tertiary alicyclic amines) is 1. The largest absolute Gasteiger partial charge is 0.472 e. The van der Waals surface area contributed by atoms with E-state index >= 15 is 0 Å². The van der Waals surface area contributed by atoms with E-state index in [1.54, 1.807) is 38.4 Å². The maximum atomic E-state index is 13.1. The third-order valence-electron chi connectivity index (χ3n) is 5.22. The van der Waals surface area contributed by atoms with E-state index < -0.39 is 6.55 Å². The fourth-order valence-electron chi connectivity index (χ4n) is 3.82. The fraction of sp³-hybridized carbons (Fsp3) is 0.400. The van der Waals surface area contributed by atoms with E-state index in [0.29, 0.717) is 51.9 Å². The standard InChI is InChI=1S/C20H20ClF2N5O2/c1-11-18(12(2)28(26-11)20(22)23)13-3-5-25-17(7-13)30-14-4-6-27(10-14)15-8-24-9-16(29)19(15)21/h3,5,7-8,14,20H,4,6,9-10H2,1-2H3/t14-/m1/s1. The van der Waals surface area contributed by atoms with E-state index in [-0.39, 0.29) is 23.5 Å². The Morgan fingerprint density at radius 3 is 2.87 bits per heavy atom. The fourth-order valence-corrected chi connectivity index (χ4v) is 4.05. The van der Waals surface area contributed by atoms with Gasteiger partial charge in [0, 0.05) is 42.7 Å². The van der Waals surface area contributed by atoms with Gasteiger partial charge in [0.25, 0.3) is 0 Å². The molecule has 1 atom stereocenters. The molecule has 4 rings (SSSR count). The van der Waals surface area contributed by atoms with Crippen LogP contribution < -0.4 is 4.74 Å². The number of aliphatic imine (C=N–C) groups is 1.